The average molecular weight is 765 g/mol. The van der Waals surface area contributed by atoms with Gasteiger partial charge in [-0.25, -0.2) is 4.98 Å². The minimum absolute atomic E-state index is 0. The largest absolute Gasteiger partial charge is 2.00 e. The quantitative estimate of drug-likeness (QED) is 0.114. The Bertz CT molecular complexity index is 2320. The van der Waals surface area contributed by atoms with Gasteiger partial charge in [-0.05, 0) is 63.6 Å². The van der Waals surface area contributed by atoms with Crippen molar-refractivity contribution in [1.29, 1.82) is 0 Å². The molecule has 3 heterocycles. The third-order valence-corrected chi connectivity index (χ3v) is 9.47. The molecule has 51 heavy (non-hydrogen) atoms. The summed E-state index contributed by atoms with van der Waals surface area (Å²) >= 11 is 0. The van der Waals surface area contributed by atoms with Crippen LogP contribution < -0.4 is 4.74 Å². The Kier molecular flexibility index (Phi) is 10.1. The van der Waals surface area contributed by atoms with Crippen molar-refractivity contribution < 1.29 is 25.2 Å². The van der Waals surface area contributed by atoms with Crippen LogP contribution in [0.15, 0.2) is 97.2 Å². The van der Waals surface area contributed by atoms with Crippen LogP contribution in [-0.2, 0) is 25.8 Å². The van der Waals surface area contributed by atoms with Gasteiger partial charge in [0.05, 0.1) is 11.4 Å². The number of pyridine rings is 1. The standard InChI is InChI=1S/C45H46N4O.Pd/c1-28(2)32-23-34(49-44(30(5)6)42(43(47-49)29(3)4)31-15-11-10-12-16-31)26-36(24-32)50-35-19-20-38-37-17-13-14-18-39(37)48(40(38)27-35)41-25-33(21-22-46-41)45(7,8)9;/h10-25,28-30H,1-9H3;/q-2;+2. The summed E-state index contributed by atoms with van der Waals surface area (Å²) in [5, 5.41) is 7.53. The number of hydrogen-bond acceptors (Lipinski definition) is 3. The molecule has 6 heteroatoms. The number of fused-ring (bicyclic) bond motifs is 3. The molecule has 0 bridgehead atoms. The SMILES string of the molecule is CC(C)c1cc(Oc2[c-]c3c(cc2)c2ccccc2n3-c2cc(C(C)(C)C)ccn2)[c-]c(-n2nc(C(C)C)c(-c3ccccc3)c2C(C)C)c1.[Pd+2]. The van der Waals surface area contributed by atoms with Crippen LogP contribution in [0.25, 0.3) is 44.4 Å². The van der Waals surface area contributed by atoms with E-state index in [1.165, 1.54) is 22.4 Å². The molecule has 0 aliphatic rings. The predicted octanol–water partition coefficient (Wildman–Crippen LogP) is 12.1. The fourth-order valence-electron chi connectivity index (χ4n) is 6.82. The molecule has 0 atom stereocenters. The summed E-state index contributed by atoms with van der Waals surface area (Å²) in [4.78, 5) is 4.84. The van der Waals surface area contributed by atoms with Gasteiger partial charge >= 0.3 is 20.4 Å². The first-order valence-electron chi connectivity index (χ1n) is 17.8. The van der Waals surface area contributed by atoms with Crippen molar-refractivity contribution in [3.63, 3.8) is 0 Å². The molecule has 5 nitrogen and oxygen atoms in total. The summed E-state index contributed by atoms with van der Waals surface area (Å²) in [7, 11) is 0. The fourth-order valence-corrected chi connectivity index (χ4v) is 6.82. The van der Waals surface area contributed by atoms with Crippen molar-refractivity contribution in [3.8, 4) is 34.1 Å². The topological polar surface area (TPSA) is 44.9 Å². The second-order valence-corrected chi connectivity index (χ2v) is 15.2. The van der Waals surface area contributed by atoms with E-state index in [4.69, 9.17) is 14.8 Å². The Balaban J connectivity index is 0.00000448. The number of para-hydroxylation sites is 1. The monoisotopic (exact) mass is 764 g/mol. The summed E-state index contributed by atoms with van der Waals surface area (Å²) in [6.07, 6.45) is 1.90. The first kappa shape index (κ1) is 36.3. The van der Waals surface area contributed by atoms with Gasteiger partial charge in [-0.2, -0.15) is 11.2 Å². The first-order chi connectivity index (χ1) is 23.9. The van der Waals surface area contributed by atoms with Crippen molar-refractivity contribution in [1.82, 2.24) is 19.3 Å². The average Bonchev–Trinajstić information content (AvgIpc) is 3.65. The molecule has 0 N–H and O–H groups in total. The molecule has 0 unspecified atom stereocenters. The number of aromatic nitrogens is 4. The maximum Gasteiger partial charge on any atom is 2.00 e. The van der Waals surface area contributed by atoms with E-state index in [1.807, 2.05) is 12.3 Å². The van der Waals surface area contributed by atoms with Gasteiger partial charge in [0.2, 0.25) is 0 Å². The van der Waals surface area contributed by atoms with Crippen molar-refractivity contribution >= 4 is 21.8 Å². The Labute approximate surface area is 316 Å². The van der Waals surface area contributed by atoms with Crippen LogP contribution >= 0.6 is 0 Å². The minimum atomic E-state index is -0.00872. The number of ether oxygens (including phenoxy) is 1. The van der Waals surface area contributed by atoms with Gasteiger partial charge in [0, 0.05) is 28.8 Å². The van der Waals surface area contributed by atoms with Crippen LogP contribution in [0.3, 0.4) is 0 Å². The van der Waals surface area contributed by atoms with Crippen LogP contribution in [0.1, 0.15) is 103 Å². The van der Waals surface area contributed by atoms with E-state index < -0.39 is 0 Å². The van der Waals surface area contributed by atoms with Crippen LogP contribution in [-0.4, -0.2) is 19.3 Å². The minimum Gasteiger partial charge on any atom is -0.509 e. The molecule has 7 rings (SSSR count). The van der Waals surface area contributed by atoms with E-state index in [2.05, 4.69) is 169 Å². The zero-order chi connectivity index (χ0) is 35.3. The summed E-state index contributed by atoms with van der Waals surface area (Å²) in [5.41, 5.74) is 9.90. The van der Waals surface area contributed by atoms with E-state index in [1.54, 1.807) is 0 Å². The summed E-state index contributed by atoms with van der Waals surface area (Å²) in [6.45, 7) is 20.0. The Morgan fingerprint density at radius 3 is 2.12 bits per heavy atom. The third-order valence-electron chi connectivity index (χ3n) is 9.47. The molecular weight excluding hydrogens is 719 g/mol. The molecule has 4 aromatic carbocycles. The maximum absolute atomic E-state index is 6.69. The van der Waals surface area contributed by atoms with Gasteiger partial charge in [0.15, 0.2) is 0 Å². The molecule has 0 fully saturated rings. The van der Waals surface area contributed by atoms with Crippen molar-refractivity contribution in [3.05, 3.63) is 132 Å². The van der Waals surface area contributed by atoms with Crippen LogP contribution in [0, 0.1) is 12.1 Å². The smallest absolute Gasteiger partial charge is 0.509 e. The predicted molar refractivity (Wildman–Crippen MR) is 206 cm³/mol. The number of hydrogen-bond donors (Lipinski definition) is 0. The Morgan fingerprint density at radius 2 is 1.43 bits per heavy atom. The van der Waals surface area contributed by atoms with Gasteiger partial charge in [-0.15, -0.1) is 41.3 Å². The molecular formula is C45H46N4OPd. The van der Waals surface area contributed by atoms with E-state index in [0.29, 0.717) is 11.5 Å². The maximum atomic E-state index is 6.69. The summed E-state index contributed by atoms with van der Waals surface area (Å²) in [5.74, 6) is 2.87. The summed E-state index contributed by atoms with van der Waals surface area (Å²) < 4.78 is 11.0. The molecule has 0 amide bonds. The van der Waals surface area contributed by atoms with Crippen molar-refractivity contribution in [2.75, 3.05) is 0 Å². The number of benzene rings is 4. The van der Waals surface area contributed by atoms with E-state index >= 15 is 0 Å². The molecule has 0 radical (unpaired) electrons. The van der Waals surface area contributed by atoms with Gasteiger partial charge < -0.3 is 9.30 Å². The number of nitrogens with zero attached hydrogens (tertiary/aromatic N) is 4. The zero-order valence-electron chi connectivity index (χ0n) is 31.0. The van der Waals surface area contributed by atoms with E-state index in [-0.39, 0.29) is 43.6 Å². The van der Waals surface area contributed by atoms with Crippen LogP contribution in [0.2, 0.25) is 0 Å². The summed E-state index contributed by atoms with van der Waals surface area (Å²) in [6, 6.07) is 39.1. The van der Waals surface area contributed by atoms with Crippen molar-refractivity contribution in [2.45, 2.75) is 85.5 Å². The van der Waals surface area contributed by atoms with Gasteiger partial charge in [-0.3, -0.25) is 4.68 Å². The van der Waals surface area contributed by atoms with Gasteiger partial charge in [0.25, 0.3) is 0 Å². The van der Waals surface area contributed by atoms with Crippen LogP contribution in [0.4, 0.5) is 0 Å². The Hall–Kier alpha value is -4.50. The molecule has 262 valence electrons. The third kappa shape index (κ3) is 6.93. The molecule has 0 spiro atoms. The molecule has 3 aromatic heterocycles. The van der Waals surface area contributed by atoms with E-state index in [9.17, 15) is 0 Å². The normalized spacial score (nSPS) is 12.0. The molecule has 0 saturated heterocycles. The zero-order valence-corrected chi connectivity index (χ0v) is 32.5. The second kappa shape index (κ2) is 14.3. The number of rotatable bonds is 8. The van der Waals surface area contributed by atoms with E-state index in [0.717, 1.165) is 44.6 Å². The Morgan fingerprint density at radius 1 is 0.706 bits per heavy atom. The molecule has 0 aliphatic heterocycles. The van der Waals surface area contributed by atoms with Crippen molar-refractivity contribution in [2.24, 2.45) is 0 Å². The van der Waals surface area contributed by atoms with Crippen LogP contribution in [0.5, 0.6) is 11.5 Å². The van der Waals surface area contributed by atoms with Gasteiger partial charge in [-0.1, -0.05) is 116 Å². The van der Waals surface area contributed by atoms with Gasteiger partial charge in [0.1, 0.15) is 5.82 Å². The second-order valence-electron chi connectivity index (χ2n) is 15.2. The molecule has 0 saturated carbocycles. The fraction of sp³-hybridized carbons (Fsp3) is 0.289. The molecule has 7 aromatic rings. The molecule has 0 aliphatic carbocycles. The first-order valence-corrected chi connectivity index (χ1v) is 17.8.